The van der Waals surface area contributed by atoms with Crippen molar-refractivity contribution in [2.24, 2.45) is 0 Å². The Morgan fingerprint density at radius 3 is 1.35 bits per heavy atom. The second-order valence-electron chi connectivity index (χ2n) is 24.6. The molecule has 4 aromatic heterocycles. The molecule has 13 rings (SSSR count). The molecule has 0 saturated heterocycles. The second-order valence-corrected chi connectivity index (χ2v) is 33.6. The monoisotopic (exact) mass is 1720 g/mol. The highest BCUT2D eigenvalue weighted by molar-refractivity contribution is 8.24. The number of hydrogen-bond acceptors (Lipinski definition) is 13. The van der Waals surface area contributed by atoms with Crippen molar-refractivity contribution >= 4 is 177 Å². The topological polar surface area (TPSA) is 241 Å². The Morgan fingerprint density at radius 2 is 0.909 bits per heavy atom. The Labute approximate surface area is 668 Å². The Bertz CT molecular complexity index is 5200. The number of nitrogens with zero attached hydrogens (tertiary/aromatic N) is 8. The summed E-state index contributed by atoms with van der Waals surface area (Å²) in [5, 5.41) is 40.0. The summed E-state index contributed by atoms with van der Waals surface area (Å²) in [6.07, 6.45) is -6.02. The van der Waals surface area contributed by atoms with Crippen LogP contribution in [0.2, 0.25) is 30.1 Å². The molecule has 3 aliphatic rings. The Balaban J connectivity index is 0.000000172. The number of halogens is 18. The first-order valence-corrected chi connectivity index (χ1v) is 39.8. The molecule has 1 amide bonds. The maximum Gasteiger partial charge on any atom is 0.416 e. The SMILES string of the molecule is CC1=C(C(=O)O)C(c2ccc(Cl)c(Cl)c2)n2nccc2N1.CCCNc1cc(C(F)(F)F)ccc1NC(=O)C1=C(C)Nc2ccnn2C1c1ccc(Cl)c(Cl)c1.CCCNc1ccc(C(F)(F)F)cc1N.CCCn1c(C2=C(C)Nc3ccnn3C2c2ccc(Cl)c(Cl)c2)nc2cc(C(F)(F)F)ccc21.O=P(Cl)(Cl)Cl. The number of imidazole rings is 1. The molecule has 19 nitrogen and oxygen atoms in total. The number of amides is 1. The van der Waals surface area contributed by atoms with Gasteiger partial charge in [0.2, 0.25) is 0 Å². The molecule has 38 heteroatoms. The van der Waals surface area contributed by atoms with Crippen LogP contribution < -0.4 is 37.6 Å². The van der Waals surface area contributed by atoms with Gasteiger partial charge < -0.3 is 47.3 Å². The van der Waals surface area contributed by atoms with E-state index in [2.05, 4.69) is 80.9 Å². The van der Waals surface area contributed by atoms with Gasteiger partial charge >= 0.3 is 29.7 Å². The number of carboxylic acid groups (broad SMARTS) is 1. The Hall–Kier alpha value is -8.41. The number of nitrogen functional groups attached to an aromatic ring is 1. The molecule has 584 valence electrons. The van der Waals surface area contributed by atoms with E-state index in [1.165, 1.54) is 18.2 Å². The summed E-state index contributed by atoms with van der Waals surface area (Å²) in [4.78, 5) is 29.9. The third-order valence-corrected chi connectivity index (χ3v) is 19.1. The van der Waals surface area contributed by atoms with Gasteiger partial charge in [0, 0.05) is 60.5 Å². The van der Waals surface area contributed by atoms with Gasteiger partial charge in [0.1, 0.15) is 41.4 Å². The fourth-order valence-electron chi connectivity index (χ4n) is 12.0. The first-order valence-electron chi connectivity index (χ1n) is 33.1. The zero-order chi connectivity index (χ0) is 80.6. The molecule has 3 aliphatic heterocycles. The minimum atomic E-state index is -4.51. The van der Waals surface area contributed by atoms with Crippen LogP contribution in [0, 0.1) is 0 Å². The quantitative estimate of drug-likeness (QED) is 0.0271. The zero-order valence-corrected chi connectivity index (χ0v) is 66.1. The van der Waals surface area contributed by atoms with Crippen molar-refractivity contribution < 1.29 is 58.8 Å². The van der Waals surface area contributed by atoms with Crippen LogP contribution in [0.3, 0.4) is 0 Å². The van der Waals surface area contributed by atoms with Gasteiger partial charge in [-0.05, 0) is 181 Å². The van der Waals surface area contributed by atoms with Crippen LogP contribution in [-0.4, -0.2) is 69.0 Å². The van der Waals surface area contributed by atoms with E-state index in [1.807, 2.05) is 49.1 Å². The number of benzene rings is 6. The largest absolute Gasteiger partial charge is 0.478 e. The number of fused-ring (bicyclic) bond motifs is 4. The van der Waals surface area contributed by atoms with Crippen LogP contribution in [0.5, 0.6) is 0 Å². The predicted molar refractivity (Wildman–Crippen MR) is 421 cm³/mol. The van der Waals surface area contributed by atoms with Gasteiger partial charge in [-0.1, -0.05) is 109 Å². The van der Waals surface area contributed by atoms with E-state index >= 15 is 0 Å². The molecule has 0 spiro atoms. The van der Waals surface area contributed by atoms with Gasteiger partial charge in [0.15, 0.2) is 0 Å². The number of alkyl halides is 9. The van der Waals surface area contributed by atoms with Crippen molar-refractivity contribution in [2.45, 2.75) is 104 Å². The van der Waals surface area contributed by atoms with Crippen LogP contribution in [0.15, 0.2) is 174 Å². The number of aryl methyl sites for hydroxylation is 1. The molecule has 10 aromatic rings. The number of aliphatic carboxylic acids is 1. The molecule has 0 fully saturated rings. The summed E-state index contributed by atoms with van der Waals surface area (Å²) >= 11 is 50.7. The van der Waals surface area contributed by atoms with Crippen LogP contribution in [0.4, 0.5) is 79.7 Å². The van der Waals surface area contributed by atoms with Crippen molar-refractivity contribution in [2.75, 3.05) is 50.7 Å². The summed E-state index contributed by atoms with van der Waals surface area (Å²) in [6, 6.07) is 29.5. The number of carboxylic acids is 1. The van der Waals surface area contributed by atoms with E-state index in [0.29, 0.717) is 107 Å². The number of allylic oxidation sites excluding steroid dienone is 4. The van der Waals surface area contributed by atoms with Gasteiger partial charge in [-0.2, -0.15) is 54.8 Å². The molecule has 0 saturated carbocycles. The standard InChI is InChI=1S/C24H22Cl2F3N5O.C24H20Cl2F3N5.C14H11Cl2N3O2.C10H13F3N2.Cl3OP/c1-3-9-30-19-12-15(24(27,28)29)5-7-18(19)33-23(35)21-13(2)32-20-8-10-31-34(20)22(21)14-4-6-16(25)17(26)11-14;1-3-10-33-19-7-5-15(24(27,28)29)12-18(19)32-23(33)21-13(2)31-20-8-9-30-34(20)22(21)14-4-6-16(25)17(26)11-14;1-7-12(14(20)21)13(19-11(18-7)4-5-17-19)8-2-3-9(15)10(16)6-8;1-2-5-15-9-4-3-7(6-8(9)14)10(11,12)13;1-5(2,3)4/h4-8,10-12,22,30,32H,3,9H2,1-2H3,(H,33,35);4-9,11-12,22,31H,3,10H2,1-2H3;2-6,13,18H,1H3,(H,20,21);3-4,6,15H,2,5,14H2,1H3;. The van der Waals surface area contributed by atoms with Gasteiger partial charge in [-0.3, -0.25) is 9.36 Å². The smallest absolute Gasteiger partial charge is 0.416 e. The number of carbonyl (C=O) groups is 2. The van der Waals surface area contributed by atoms with Crippen LogP contribution in [-0.2, 0) is 39.2 Å². The molecule has 7 heterocycles. The minimum Gasteiger partial charge on any atom is -0.478 e. The molecule has 0 radical (unpaired) electrons. The lowest BCUT2D eigenvalue weighted by molar-refractivity contribution is -0.138. The summed E-state index contributed by atoms with van der Waals surface area (Å²) in [6.45, 7) is 13.0. The van der Waals surface area contributed by atoms with Crippen LogP contribution in [0.1, 0.15) is 118 Å². The lowest BCUT2D eigenvalue weighted by Gasteiger charge is -2.30. The number of nitrogens with two attached hydrogens (primary N) is 1. The first-order chi connectivity index (χ1) is 51.7. The molecular formula is C72H66Cl9F9N15O4P. The highest BCUT2D eigenvalue weighted by Crippen LogP contribution is 2.61. The van der Waals surface area contributed by atoms with Crippen molar-refractivity contribution in [3.8, 4) is 0 Å². The molecule has 110 heavy (non-hydrogen) atoms. The third kappa shape index (κ3) is 20.6. The summed E-state index contributed by atoms with van der Waals surface area (Å²) in [5.74, 6) is 1.28. The van der Waals surface area contributed by atoms with Crippen LogP contribution in [0.25, 0.3) is 16.6 Å². The lowest BCUT2D eigenvalue weighted by Crippen LogP contribution is -2.31. The molecule has 9 N–H and O–H groups in total. The van der Waals surface area contributed by atoms with Crippen LogP contribution >= 0.6 is 109 Å². The zero-order valence-electron chi connectivity index (χ0n) is 58.4. The molecule has 3 atom stereocenters. The molecule has 6 aromatic carbocycles. The first kappa shape index (κ1) is 85.6. The maximum atomic E-state index is 13.6. The van der Waals surface area contributed by atoms with E-state index in [0.717, 1.165) is 77.7 Å². The predicted octanol–water partition coefficient (Wildman–Crippen LogP) is 23.9. The molecule has 0 aliphatic carbocycles. The maximum absolute atomic E-state index is 13.6. The Kier molecular flexibility index (Phi) is 28.0. The second kappa shape index (κ2) is 35.9. The highest BCUT2D eigenvalue weighted by atomic mass is 36.0. The average molecular weight is 1730 g/mol. The minimum absolute atomic E-state index is 0.123. The molecular weight excluding hydrogens is 1660 g/mol. The highest BCUT2D eigenvalue weighted by Gasteiger charge is 2.39. The van der Waals surface area contributed by atoms with E-state index in [1.54, 1.807) is 102 Å². The summed E-state index contributed by atoms with van der Waals surface area (Å²) in [7, 11) is 0. The van der Waals surface area contributed by atoms with Gasteiger partial charge in [0.25, 0.3) is 5.91 Å². The number of anilines is 7. The normalized spacial score (nSPS) is 15.3. The fraction of sp³-hybridized carbons (Fsp3) is 0.250. The number of nitrogens with one attached hydrogen (secondary N) is 6. The molecule has 0 bridgehead atoms. The van der Waals surface area contributed by atoms with Gasteiger partial charge in [0.05, 0.1) is 110 Å². The Morgan fingerprint density at radius 1 is 0.509 bits per heavy atom. The van der Waals surface area contributed by atoms with Gasteiger partial charge in [-0.15, -0.1) is 0 Å². The number of aromatic nitrogens is 8. The van der Waals surface area contributed by atoms with Crippen molar-refractivity contribution in [3.05, 3.63) is 244 Å². The van der Waals surface area contributed by atoms with Gasteiger partial charge in [-0.25, -0.2) is 23.8 Å². The summed E-state index contributed by atoms with van der Waals surface area (Å²) in [5.41, 5.74) is 10.8. The lowest BCUT2D eigenvalue weighted by atomic mass is 9.94. The average Bonchev–Trinajstić information content (AvgIpc) is 1.55. The summed E-state index contributed by atoms with van der Waals surface area (Å²) < 4.78 is 133. The number of carbonyl (C=O) groups excluding carboxylic acids is 1. The van der Waals surface area contributed by atoms with Crippen molar-refractivity contribution in [1.29, 1.82) is 0 Å². The fourth-order valence-corrected chi connectivity index (χ4v) is 12.9. The van der Waals surface area contributed by atoms with Crippen molar-refractivity contribution in [3.63, 3.8) is 0 Å². The van der Waals surface area contributed by atoms with E-state index in [-0.39, 0.29) is 28.2 Å². The van der Waals surface area contributed by atoms with Crippen molar-refractivity contribution in [1.82, 2.24) is 38.9 Å². The number of hydrogen-bond donors (Lipinski definition) is 8. The van der Waals surface area contributed by atoms with E-state index in [4.69, 9.17) is 80.3 Å². The van der Waals surface area contributed by atoms with E-state index < -0.39 is 70.4 Å². The third-order valence-electron chi connectivity index (χ3n) is 16.8. The molecule has 3 unspecified atom stereocenters. The number of rotatable bonds is 15. The van der Waals surface area contributed by atoms with E-state index in [9.17, 15) is 58.8 Å².